The van der Waals surface area contributed by atoms with E-state index in [2.05, 4.69) is 5.32 Å². The Balaban J connectivity index is 1.76. The molecule has 7 heteroatoms. The van der Waals surface area contributed by atoms with Crippen molar-refractivity contribution in [2.75, 3.05) is 13.1 Å². The molecule has 0 bridgehead atoms. The van der Waals surface area contributed by atoms with Crippen molar-refractivity contribution in [1.29, 1.82) is 0 Å². The molecule has 2 aliphatic rings. The Hall–Kier alpha value is -2.08. The largest absolute Gasteiger partial charge is 0.481 e. The Kier molecular flexibility index (Phi) is 5.47. The summed E-state index contributed by atoms with van der Waals surface area (Å²) in [6.07, 6.45) is 2.32. The molecule has 1 unspecified atom stereocenters. The van der Waals surface area contributed by atoms with Crippen molar-refractivity contribution in [3.8, 4) is 0 Å². The molecule has 2 N–H and O–H groups in total. The van der Waals surface area contributed by atoms with Crippen LogP contribution in [0.15, 0.2) is 24.3 Å². The van der Waals surface area contributed by atoms with E-state index < -0.39 is 23.3 Å². The SMILES string of the molecule is CC(C)C(NC(=O)c1ccccc1Cl)C(=O)N1C[C@@H]2CCC[C@@]2(C(=O)O)C1. The van der Waals surface area contributed by atoms with Crippen LogP contribution in [0.1, 0.15) is 43.5 Å². The van der Waals surface area contributed by atoms with Gasteiger partial charge in [0, 0.05) is 13.1 Å². The summed E-state index contributed by atoms with van der Waals surface area (Å²) in [7, 11) is 0. The molecule has 0 spiro atoms. The first-order valence-corrected chi connectivity index (χ1v) is 9.71. The third-order valence-corrected chi connectivity index (χ3v) is 6.28. The van der Waals surface area contributed by atoms with E-state index in [9.17, 15) is 19.5 Å². The first-order chi connectivity index (χ1) is 12.8. The number of carbonyl (C=O) groups excluding carboxylic acids is 2. The third-order valence-electron chi connectivity index (χ3n) is 5.95. The van der Waals surface area contributed by atoms with Gasteiger partial charge in [-0.1, -0.05) is 44.0 Å². The molecule has 1 aliphatic carbocycles. The van der Waals surface area contributed by atoms with Crippen LogP contribution in [0.4, 0.5) is 0 Å². The highest BCUT2D eigenvalue weighted by atomic mass is 35.5. The number of nitrogens with zero attached hydrogens (tertiary/aromatic N) is 1. The van der Waals surface area contributed by atoms with E-state index in [0.29, 0.717) is 23.6 Å². The number of amides is 2. The average Bonchev–Trinajstić information content (AvgIpc) is 3.17. The Morgan fingerprint density at radius 1 is 1.30 bits per heavy atom. The van der Waals surface area contributed by atoms with Gasteiger partial charge in [-0.2, -0.15) is 0 Å². The highest BCUT2D eigenvalue weighted by Gasteiger charge is 2.56. The van der Waals surface area contributed by atoms with Crippen LogP contribution >= 0.6 is 11.6 Å². The lowest BCUT2D eigenvalue weighted by Crippen LogP contribution is -2.51. The maximum Gasteiger partial charge on any atom is 0.311 e. The van der Waals surface area contributed by atoms with Crippen LogP contribution in [0.3, 0.4) is 0 Å². The minimum Gasteiger partial charge on any atom is -0.481 e. The predicted octanol–water partition coefficient (Wildman–Crippen LogP) is 2.81. The number of rotatable bonds is 5. The maximum atomic E-state index is 13.1. The molecule has 2 amide bonds. The summed E-state index contributed by atoms with van der Waals surface area (Å²) in [5, 5.41) is 12.8. The highest BCUT2D eigenvalue weighted by molar-refractivity contribution is 6.33. The second kappa shape index (κ2) is 7.50. The number of carbonyl (C=O) groups is 3. The molecule has 3 rings (SSSR count). The zero-order chi connectivity index (χ0) is 19.8. The smallest absolute Gasteiger partial charge is 0.311 e. The molecule has 1 aromatic rings. The molecule has 2 fully saturated rings. The van der Waals surface area contributed by atoms with E-state index in [1.54, 1.807) is 29.2 Å². The lowest BCUT2D eigenvalue weighted by molar-refractivity contribution is -0.149. The van der Waals surface area contributed by atoms with Crippen molar-refractivity contribution >= 4 is 29.4 Å². The minimum atomic E-state index is -0.829. The molecule has 0 radical (unpaired) electrons. The number of carboxylic acids is 1. The predicted molar refractivity (Wildman–Crippen MR) is 102 cm³/mol. The number of hydrogen-bond donors (Lipinski definition) is 2. The Morgan fingerprint density at radius 3 is 2.59 bits per heavy atom. The van der Waals surface area contributed by atoms with Crippen molar-refractivity contribution < 1.29 is 19.5 Å². The summed E-state index contributed by atoms with van der Waals surface area (Å²) in [5.41, 5.74) is -0.512. The van der Waals surface area contributed by atoms with Crippen molar-refractivity contribution in [1.82, 2.24) is 10.2 Å². The number of likely N-dealkylation sites (tertiary alicyclic amines) is 1. The average molecular weight is 393 g/mol. The van der Waals surface area contributed by atoms with Crippen LogP contribution in [0.25, 0.3) is 0 Å². The van der Waals surface area contributed by atoms with Crippen LogP contribution in [-0.2, 0) is 9.59 Å². The third kappa shape index (κ3) is 3.55. The van der Waals surface area contributed by atoms with E-state index in [1.807, 2.05) is 13.8 Å². The topological polar surface area (TPSA) is 86.7 Å². The lowest BCUT2D eigenvalue weighted by atomic mass is 9.81. The summed E-state index contributed by atoms with van der Waals surface area (Å²) in [6.45, 7) is 4.38. The second-order valence-corrected chi connectivity index (χ2v) is 8.35. The van der Waals surface area contributed by atoms with Gasteiger partial charge >= 0.3 is 5.97 Å². The number of carboxylic acid groups (broad SMARTS) is 1. The normalized spacial score (nSPS) is 25.3. The molecule has 1 heterocycles. The van der Waals surface area contributed by atoms with Crippen LogP contribution in [0, 0.1) is 17.3 Å². The van der Waals surface area contributed by atoms with Crippen LogP contribution < -0.4 is 5.32 Å². The molecule has 1 aromatic carbocycles. The van der Waals surface area contributed by atoms with Gasteiger partial charge in [0.15, 0.2) is 0 Å². The quantitative estimate of drug-likeness (QED) is 0.806. The van der Waals surface area contributed by atoms with Gasteiger partial charge in [-0.15, -0.1) is 0 Å². The molecular weight excluding hydrogens is 368 g/mol. The first-order valence-electron chi connectivity index (χ1n) is 9.34. The molecule has 1 aliphatic heterocycles. The van der Waals surface area contributed by atoms with Crippen molar-refractivity contribution in [3.63, 3.8) is 0 Å². The van der Waals surface area contributed by atoms with E-state index in [-0.39, 0.29) is 24.3 Å². The molecule has 27 heavy (non-hydrogen) atoms. The standard InChI is InChI=1S/C20H25ClN2O4/c1-12(2)16(22-17(24)14-7-3-4-8-15(14)21)18(25)23-10-13-6-5-9-20(13,11-23)19(26)27/h3-4,7-8,12-13,16H,5-6,9-11H2,1-2H3,(H,22,24)(H,26,27)/t13-,16?,20+/m0/s1. The number of fused-ring (bicyclic) bond motifs is 1. The fourth-order valence-electron chi connectivity index (χ4n) is 4.38. The van der Waals surface area contributed by atoms with Gasteiger partial charge in [-0.3, -0.25) is 14.4 Å². The minimum absolute atomic E-state index is 0.00830. The van der Waals surface area contributed by atoms with Gasteiger partial charge in [0.25, 0.3) is 5.91 Å². The molecule has 146 valence electrons. The summed E-state index contributed by atoms with van der Waals surface area (Å²) >= 11 is 6.09. The van der Waals surface area contributed by atoms with Crippen molar-refractivity contribution in [2.24, 2.45) is 17.3 Å². The van der Waals surface area contributed by atoms with Crippen LogP contribution in [-0.4, -0.2) is 46.9 Å². The fourth-order valence-corrected chi connectivity index (χ4v) is 4.60. The molecular formula is C20H25ClN2O4. The summed E-state index contributed by atoms with van der Waals surface area (Å²) in [5.74, 6) is -1.59. The number of aliphatic carboxylic acids is 1. The van der Waals surface area contributed by atoms with Gasteiger partial charge in [-0.25, -0.2) is 0 Å². The maximum absolute atomic E-state index is 13.1. The highest BCUT2D eigenvalue weighted by Crippen LogP contribution is 2.49. The Labute approximate surface area is 163 Å². The zero-order valence-corrected chi connectivity index (χ0v) is 16.3. The van der Waals surface area contributed by atoms with Crippen molar-refractivity contribution in [3.05, 3.63) is 34.9 Å². The molecule has 0 aromatic heterocycles. The Morgan fingerprint density at radius 2 is 2.00 bits per heavy atom. The van der Waals surface area contributed by atoms with Crippen molar-refractivity contribution in [2.45, 2.75) is 39.2 Å². The summed E-state index contributed by atoms with van der Waals surface area (Å²) < 4.78 is 0. The molecule has 1 saturated carbocycles. The number of nitrogens with one attached hydrogen (secondary N) is 1. The van der Waals surface area contributed by atoms with E-state index >= 15 is 0 Å². The summed E-state index contributed by atoms with van der Waals surface area (Å²) in [4.78, 5) is 39.2. The van der Waals surface area contributed by atoms with Gasteiger partial charge in [0.05, 0.1) is 16.0 Å². The fraction of sp³-hybridized carbons (Fsp3) is 0.550. The monoisotopic (exact) mass is 392 g/mol. The van der Waals surface area contributed by atoms with Gasteiger partial charge in [-0.05, 0) is 36.8 Å². The van der Waals surface area contributed by atoms with Crippen LogP contribution in [0.5, 0.6) is 0 Å². The lowest BCUT2D eigenvalue weighted by Gasteiger charge is -2.28. The Bertz CT molecular complexity index is 766. The summed E-state index contributed by atoms with van der Waals surface area (Å²) in [6, 6.07) is 5.96. The second-order valence-electron chi connectivity index (χ2n) is 7.94. The van der Waals surface area contributed by atoms with E-state index in [4.69, 9.17) is 11.6 Å². The van der Waals surface area contributed by atoms with Gasteiger partial charge in [0.2, 0.25) is 5.91 Å². The van der Waals surface area contributed by atoms with E-state index in [1.165, 1.54) is 0 Å². The molecule has 1 saturated heterocycles. The van der Waals surface area contributed by atoms with Gasteiger partial charge < -0.3 is 15.3 Å². The van der Waals surface area contributed by atoms with Gasteiger partial charge in [0.1, 0.15) is 6.04 Å². The first kappa shape index (κ1) is 19.7. The number of hydrogen-bond acceptors (Lipinski definition) is 3. The number of benzene rings is 1. The molecule has 3 atom stereocenters. The zero-order valence-electron chi connectivity index (χ0n) is 15.6. The van der Waals surface area contributed by atoms with Crippen LogP contribution in [0.2, 0.25) is 5.02 Å². The molecule has 6 nitrogen and oxygen atoms in total. The van der Waals surface area contributed by atoms with E-state index in [0.717, 1.165) is 12.8 Å². The number of halogens is 1.